The lowest BCUT2D eigenvalue weighted by Crippen LogP contribution is -2.28. The predicted molar refractivity (Wildman–Crippen MR) is 118 cm³/mol. The molecule has 0 bridgehead atoms. The minimum atomic E-state index is -0.645. The Morgan fingerprint density at radius 3 is 2.44 bits per heavy atom. The first-order chi connectivity index (χ1) is 15.4. The van der Waals surface area contributed by atoms with Crippen molar-refractivity contribution in [3.05, 3.63) is 59.7 Å². The van der Waals surface area contributed by atoms with Crippen LogP contribution in [0, 0.1) is 5.92 Å². The summed E-state index contributed by atoms with van der Waals surface area (Å²) in [6, 6.07) is 14.0. The molecule has 8 heteroatoms. The molecule has 1 N–H and O–H groups in total. The van der Waals surface area contributed by atoms with Gasteiger partial charge in [-0.15, -0.1) is 0 Å². The molecule has 0 aromatic heterocycles. The van der Waals surface area contributed by atoms with Crippen molar-refractivity contribution < 1.29 is 28.7 Å². The van der Waals surface area contributed by atoms with Crippen molar-refractivity contribution in [3.63, 3.8) is 0 Å². The maximum absolute atomic E-state index is 12.4. The fourth-order valence-corrected chi connectivity index (χ4v) is 3.45. The molecule has 2 aromatic carbocycles. The summed E-state index contributed by atoms with van der Waals surface area (Å²) in [7, 11) is 0. The molecule has 1 aliphatic heterocycles. The molecule has 168 valence electrons. The number of nitrogens with zero attached hydrogens (tertiary/aromatic N) is 1. The van der Waals surface area contributed by atoms with Crippen LogP contribution in [0.4, 0.5) is 11.4 Å². The number of ether oxygens (including phenoxy) is 2. The molecule has 2 aromatic rings. The molecule has 8 nitrogen and oxygen atoms in total. The van der Waals surface area contributed by atoms with Crippen molar-refractivity contribution in [2.75, 3.05) is 30.0 Å². The van der Waals surface area contributed by atoms with E-state index in [1.165, 1.54) is 6.07 Å². The Balaban J connectivity index is 1.54. The molecule has 0 spiro atoms. The summed E-state index contributed by atoms with van der Waals surface area (Å²) in [5, 5.41) is 2.56. The van der Waals surface area contributed by atoms with Crippen LogP contribution in [-0.4, -0.2) is 43.5 Å². The van der Waals surface area contributed by atoms with Crippen LogP contribution in [0.1, 0.15) is 36.2 Å². The van der Waals surface area contributed by atoms with Crippen LogP contribution < -0.4 is 10.2 Å². The summed E-state index contributed by atoms with van der Waals surface area (Å²) in [4.78, 5) is 50.6. The average molecular weight is 438 g/mol. The lowest BCUT2D eigenvalue weighted by Gasteiger charge is -2.17. The highest BCUT2D eigenvalue weighted by Gasteiger charge is 2.36. The van der Waals surface area contributed by atoms with Gasteiger partial charge in [0.05, 0.1) is 23.8 Å². The number of esters is 2. The number of para-hydroxylation sites is 1. The second kappa shape index (κ2) is 10.6. The molecule has 32 heavy (non-hydrogen) atoms. The highest BCUT2D eigenvalue weighted by molar-refractivity contribution is 6.02. The summed E-state index contributed by atoms with van der Waals surface area (Å²) in [6.45, 7) is 3.63. The fraction of sp³-hybridized carbons (Fsp3) is 0.333. The number of benzene rings is 2. The lowest BCUT2D eigenvalue weighted by atomic mass is 10.1. The van der Waals surface area contributed by atoms with Gasteiger partial charge in [-0.2, -0.15) is 0 Å². The van der Waals surface area contributed by atoms with Crippen LogP contribution in [0.15, 0.2) is 48.5 Å². The fourth-order valence-electron chi connectivity index (χ4n) is 3.45. The van der Waals surface area contributed by atoms with Gasteiger partial charge in [-0.3, -0.25) is 14.4 Å². The van der Waals surface area contributed by atoms with E-state index in [0.717, 1.165) is 17.7 Å². The number of nitrogens with one attached hydrogen (secondary N) is 1. The van der Waals surface area contributed by atoms with Crippen LogP contribution in [0.3, 0.4) is 0 Å². The standard InChI is InChI=1S/C24H26N2O6/c1-3-16-9-11-18(12-10-16)26-14-17(13-22(26)28)23(29)32-15-21(27)25-20-8-6-5-7-19(20)24(30)31-4-2/h5-12,17H,3-4,13-15H2,1-2H3,(H,25,27). The zero-order valence-corrected chi connectivity index (χ0v) is 18.1. The van der Waals surface area contributed by atoms with Gasteiger partial charge >= 0.3 is 11.9 Å². The molecule has 1 atom stereocenters. The Hall–Kier alpha value is -3.68. The van der Waals surface area contributed by atoms with Crippen LogP contribution in [0.2, 0.25) is 0 Å². The van der Waals surface area contributed by atoms with E-state index in [1.807, 2.05) is 31.2 Å². The second-order valence-corrected chi connectivity index (χ2v) is 7.35. The van der Waals surface area contributed by atoms with Crippen molar-refractivity contribution >= 4 is 35.1 Å². The van der Waals surface area contributed by atoms with Gasteiger partial charge in [-0.05, 0) is 43.2 Å². The third-order valence-electron chi connectivity index (χ3n) is 5.16. The Kier molecular flexibility index (Phi) is 7.59. The number of rotatable bonds is 8. The molecule has 0 radical (unpaired) electrons. The third-order valence-corrected chi connectivity index (χ3v) is 5.16. The summed E-state index contributed by atoms with van der Waals surface area (Å²) < 4.78 is 10.1. The van der Waals surface area contributed by atoms with Crippen LogP contribution >= 0.6 is 0 Å². The molecular formula is C24H26N2O6. The first kappa shape index (κ1) is 23.0. The zero-order chi connectivity index (χ0) is 23.1. The number of aryl methyl sites for hydroxylation is 1. The van der Waals surface area contributed by atoms with Crippen LogP contribution in [0.5, 0.6) is 0 Å². The highest BCUT2D eigenvalue weighted by atomic mass is 16.5. The number of carbonyl (C=O) groups excluding carboxylic acids is 4. The van der Waals surface area contributed by atoms with Gasteiger partial charge in [0.1, 0.15) is 0 Å². The molecule has 0 saturated carbocycles. The number of anilines is 2. The van der Waals surface area contributed by atoms with Crippen LogP contribution in [-0.2, 0) is 30.3 Å². The Morgan fingerprint density at radius 1 is 1.03 bits per heavy atom. The zero-order valence-electron chi connectivity index (χ0n) is 18.1. The maximum atomic E-state index is 12.4. The van der Waals surface area contributed by atoms with E-state index in [4.69, 9.17) is 9.47 Å². The van der Waals surface area contributed by atoms with Crippen molar-refractivity contribution in [1.82, 2.24) is 0 Å². The molecular weight excluding hydrogens is 412 g/mol. The summed E-state index contributed by atoms with van der Waals surface area (Å²) in [6.07, 6.45) is 0.928. The van der Waals surface area contributed by atoms with E-state index in [0.29, 0.717) is 0 Å². The third kappa shape index (κ3) is 5.51. The largest absolute Gasteiger partial charge is 0.462 e. The second-order valence-electron chi connectivity index (χ2n) is 7.35. The number of carbonyl (C=O) groups is 4. The number of amides is 2. The van der Waals surface area contributed by atoms with E-state index < -0.39 is 30.4 Å². The average Bonchev–Trinajstić information content (AvgIpc) is 3.19. The molecule has 1 heterocycles. The Labute approximate surface area is 186 Å². The summed E-state index contributed by atoms with van der Waals surface area (Å²) in [5.41, 5.74) is 2.37. The molecule has 1 aliphatic rings. The van der Waals surface area contributed by atoms with Gasteiger partial charge in [-0.25, -0.2) is 4.79 Å². The minimum absolute atomic E-state index is 0.0294. The van der Waals surface area contributed by atoms with Crippen molar-refractivity contribution in [3.8, 4) is 0 Å². The van der Waals surface area contributed by atoms with Gasteiger partial charge < -0.3 is 19.7 Å². The lowest BCUT2D eigenvalue weighted by molar-refractivity contribution is -0.151. The van der Waals surface area contributed by atoms with Gasteiger partial charge in [-0.1, -0.05) is 31.2 Å². The predicted octanol–water partition coefficient (Wildman–Crippen LogP) is 2.96. The monoisotopic (exact) mass is 438 g/mol. The van der Waals surface area contributed by atoms with Gasteiger partial charge in [0.25, 0.3) is 5.91 Å². The first-order valence-corrected chi connectivity index (χ1v) is 10.5. The summed E-state index contributed by atoms with van der Waals surface area (Å²) in [5.74, 6) is -2.57. The van der Waals surface area contributed by atoms with E-state index in [2.05, 4.69) is 5.32 Å². The van der Waals surface area contributed by atoms with Gasteiger partial charge in [0.2, 0.25) is 5.91 Å². The molecule has 1 unspecified atom stereocenters. The molecule has 1 saturated heterocycles. The van der Waals surface area contributed by atoms with Crippen molar-refractivity contribution in [1.29, 1.82) is 0 Å². The molecule has 0 aliphatic carbocycles. The smallest absolute Gasteiger partial charge is 0.340 e. The van der Waals surface area contributed by atoms with E-state index in [-0.39, 0.29) is 36.7 Å². The summed E-state index contributed by atoms with van der Waals surface area (Å²) >= 11 is 0. The topological polar surface area (TPSA) is 102 Å². The Bertz CT molecular complexity index is 1000. The molecule has 1 fully saturated rings. The normalized spacial score (nSPS) is 15.4. The van der Waals surface area contributed by atoms with Crippen molar-refractivity contribution in [2.24, 2.45) is 5.92 Å². The number of hydrogen-bond donors (Lipinski definition) is 1. The quantitative estimate of drug-likeness (QED) is 0.636. The van der Waals surface area contributed by atoms with Crippen LogP contribution in [0.25, 0.3) is 0 Å². The maximum Gasteiger partial charge on any atom is 0.340 e. The van der Waals surface area contributed by atoms with Gasteiger partial charge in [0, 0.05) is 18.7 Å². The van der Waals surface area contributed by atoms with E-state index >= 15 is 0 Å². The minimum Gasteiger partial charge on any atom is -0.462 e. The SMILES string of the molecule is CCOC(=O)c1ccccc1NC(=O)COC(=O)C1CC(=O)N(c2ccc(CC)cc2)C1. The van der Waals surface area contributed by atoms with E-state index in [9.17, 15) is 19.2 Å². The molecule has 3 rings (SSSR count). The highest BCUT2D eigenvalue weighted by Crippen LogP contribution is 2.26. The van der Waals surface area contributed by atoms with E-state index in [1.54, 1.807) is 30.0 Å². The first-order valence-electron chi connectivity index (χ1n) is 10.5. The molecule has 2 amide bonds. The number of hydrogen-bond acceptors (Lipinski definition) is 6. The van der Waals surface area contributed by atoms with Crippen molar-refractivity contribution in [2.45, 2.75) is 26.7 Å². The van der Waals surface area contributed by atoms with Gasteiger partial charge in [0.15, 0.2) is 6.61 Å². The Morgan fingerprint density at radius 2 is 1.75 bits per heavy atom.